The van der Waals surface area contributed by atoms with Crippen molar-refractivity contribution >= 4 is 34.8 Å². The lowest BCUT2D eigenvalue weighted by Crippen LogP contribution is -2.51. The van der Waals surface area contributed by atoms with E-state index < -0.39 is 37.0 Å². The number of fused-ring (bicyclic) bond motifs is 7. The molecule has 2 aromatic carbocycles. The first-order valence-electron chi connectivity index (χ1n) is 25.6. The molecule has 0 spiro atoms. The molecule has 12 nitrogen and oxygen atoms in total. The fraction of sp³-hybridized carbons (Fsp3) is 0.561. The summed E-state index contributed by atoms with van der Waals surface area (Å²) in [6.07, 6.45) is 15.4. The number of allylic oxidation sites excluding steroid dienone is 1. The molecule has 5 aliphatic carbocycles. The minimum atomic E-state index is -1.24. The molecule has 3 fully saturated rings. The molecule has 1 heterocycles. The maximum atomic E-state index is 14.2. The van der Waals surface area contributed by atoms with Crippen molar-refractivity contribution < 1.29 is 43.7 Å². The molecule has 4 unspecified atom stereocenters. The number of phenolic OH excluding ortho intramolecular Hbond substituents is 1. The second-order valence-electron chi connectivity index (χ2n) is 21.9. The molecule has 69 heavy (non-hydrogen) atoms. The topological polar surface area (TPSA) is 184 Å². The summed E-state index contributed by atoms with van der Waals surface area (Å²) in [5.74, 6) is 1.13. The molecule has 8 rings (SSSR count). The van der Waals surface area contributed by atoms with E-state index in [2.05, 4.69) is 46.0 Å². The first-order chi connectivity index (χ1) is 33.0. The van der Waals surface area contributed by atoms with Crippen LogP contribution in [0.1, 0.15) is 135 Å². The summed E-state index contributed by atoms with van der Waals surface area (Å²) < 4.78 is 12.3. The van der Waals surface area contributed by atoms with Crippen molar-refractivity contribution in [3.8, 4) is 28.2 Å². The number of esters is 1. The molecule has 370 valence electrons. The van der Waals surface area contributed by atoms with Gasteiger partial charge in [0.05, 0.1) is 13.1 Å². The van der Waals surface area contributed by atoms with Gasteiger partial charge in [0, 0.05) is 47.2 Å². The van der Waals surface area contributed by atoms with Crippen LogP contribution in [0.3, 0.4) is 0 Å². The summed E-state index contributed by atoms with van der Waals surface area (Å²) in [7, 11) is 0. The lowest BCUT2D eigenvalue weighted by Gasteiger charge is -2.58. The monoisotopic (exact) mass is 945 g/mol. The highest BCUT2D eigenvalue weighted by atomic mass is 16.5. The lowest BCUT2D eigenvalue weighted by molar-refractivity contribution is -0.160. The number of aromatic hydroxyl groups is 1. The van der Waals surface area contributed by atoms with Crippen LogP contribution in [0.4, 0.5) is 0 Å². The largest absolute Gasteiger partial charge is 0.508 e. The molecule has 9 atom stereocenters. The van der Waals surface area contributed by atoms with Gasteiger partial charge in [0.1, 0.15) is 29.2 Å². The predicted molar refractivity (Wildman–Crippen MR) is 266 cm³/mol. The average molecular weight is 945 g/mol. The fourth-order valence-corrected chi connectivity index (χ4v) is 13.9. The van der Waals surface area contributed by atoms with Crippen molar-refractivity contribution in [2.75, 3.05) is 19.6 Å². The molecule has 2 aromatic rings. The number of hydrogen-bond donors (Lipinski definition) is 4. The van der Waals surface area contributed by atoms with Crippen LogP contribution in [0, 0.1) is 46.3 Å². The van der Waals surface area contributed by atoms with Gasteiger partial charge in [0.15, 0.2) is 5.43 Å². The number of hydrogen-bond acceptors (Lipinski definition) is 9. The van der Waals surface area contributed by atoms with Gasteiger partial charge >= 0.3 is 17.9 Å². The molecular formula is C57H72N2O10. The number of carbonyl (C=O) groups excluding carboxylic acids is 2. The normalized spacial score (nSPS) is 26.2. The second kappa shape index (κ2) is 20.8. The van der Waals surface area contributed by atoms with E-state index in [1.807, 2.05) is 12.1 Å². The maximum Gasteiger partial charge on any atom is 0.323 e. The molecule has 6 aliphatic rings. The van der Waals surface area contributed by atoms with Gasteiger partial charge in [-0.1, -0.05) is 83.7 Å². The number of carbonyl (C=O) groups is 4. The zero-order valence-corrected chi connectivity index (χ0v) is 41.1. The number of ether oxygens (including phenoxy) is 1. The van der Waals surface area contributed by atoms with E-state index in [9.17, 15) is 39.3 Å². The standard InChI is InChI=1S/C57H72N2O10/c1-34(2)11-10-12-35(3)45-22-23-46-42-19-16-36-29-39(24-26-56(36,4)47(42)25-27-57(45,46)5)68-55(67)48(59(32-51(62)63)33-52(64)65)15-8-9-28-58-54(66)41-14-7-6-13-40(41)53-43-20-17-37(60)30-49(43)69-50-31-38(61)18-21-44(50)53/h6-7,13-14,16-18,20-21,30-31,34-35,39,42,45-48,60H,8-12,15,19,22-29,32-33H2,1-5H3,(H,58,66)(H,62,63)(H,64,65)/t35-,39+,42?,45-,46?,47?,48?,56+,57-/m1/s1. The van der Waals surface area contributed by atoms with Gasteiger partial charge in [-0.2, -0.15) is 0 Å². The van der Waals surface area contributed by atoms with Crippen LogP contribution in [0.2, 0.25) is 0 Å². The Bertz CT molecular complexity index is 2580. The van der Waals surface area contributed by atoms with Gasteiger partial charge in [0.25, 0.3) is 5.91 Å². The highest BCUT2D eigenvalue weighted by Crippen LogP contribution is 2.67. The number of rotatable bonds is 19. The van der Waals surface area contributed by atoms with Crippen LogP contribution in [-0.2, 0) is 19.1 Å². The highest BCUT2D eigenvalue weighted by Gasteiger charge is 2.59. The Morgan fingerprint density at radius 1 is 0.841 bits per heavy atom. The summed E-state index contributed by atoms with van der Waals surface area (Å²) in [4.78, 5) is 65.7. The van der Waals surface area contributed by atoms with Crippen molar-refractivity contribution in [3.63, 3.8) is 0 Å². The van der Waals surface area contributed by atoms with Crippen molar-refractivity contribution in [1.29, 1.82) is 0 Å². The average Bonchev–Trinajstić information content (AvgIpc) is 3.66. The quantitative estimate of drug-likeness (QED) is 0.0304. The number of aliphatic carboxylic acids is 2. The minimum absolute atomic E-state index is 0.0111. The second-order valence-corrected chi connectivity index (χ2v) is 21.9. The molecule has 0 saturated heterocycles. The maximum absolute atomic E-state index is 14.2. The number of nitrogens with one attached hydrogen (secondary N) is 1. The first kappa shape index (κ1) is 49.9. The highest BCUT2D eigenvalue weighted by molar-refractivity contribution is 6.09. The number of benzene rings is 3. The van der Waals surface area contributed by atoms with Crippen LogP contribution < -0.4 is 10.7 Å². The summed E-state index contributed by atoms with van der Waals surface area (Å²) in [6, 6.07) is 15.2. The van der Waals surface area contributed by atoms with E-state index in [-0.39, 0.29) is 41.6 Å². The molecule has 12 heteroatoms. The van der Waals surface area contributed by atoms with Crippen molar-refractivity contribution in [2.45, 2.75) is 137 Å². The van der Waals surface area contributed by atoms with Crippen molar-refractivity contribution in [3.05, 3.63) is 88.1 Å². The molecule has 0 radical (unpaired) electrons. The van der Waals surface area contributed by atoms with Gasteiger partial charge in [-0.05, 0) is 146 Å². The number of unbranched alkanes of at least 4 members (excludes halogenated alkanes) is 1. The lowest BCUT2D eigenvalue weighted by atomic mass is 9.47. The Kier molecular flexibility index (Phi) is 15.1. The first-order valence-corrected chi connectivity index (χ1v) is 25.6. The molecule has 4 N–H and O–H groups in total. The van der Waals surface area contributed by atoms with Crippen molar-refractivity contribution in [1.82, 2.24) is 10.2 Å². The Balaban J connectivity index is 0.915. The molecule has 0 aromatic heterocycles. The van der Waals surface area contributed by atoms with Crippen LogP contribution in [-0.4, -0.2) is 75.8 Å². The molecule has 3 saturated carbocycles. The number of carboxylic acid groups (broad SMARTS) is 2. The number of amides is 1. The zero-order valence-electron chi connectivity index (χ0n) is 41.1. The molecule has 0 bridgehead atoms. The van der Waals surface area contributed by atoms with Crippen LogP contribution in [0.5, 0.6) is 5.75 Å². The zero-order chi connectivity index (χ0) is 49.2. The van der Waals surface area contributed by atoms with E-state index in [4.69, 9.17) is 9.15 Å². The van der Waals surface area contributed by atoms with Crippen LogP contribution >= 0.6 is 0 Å². The number of carboxylic acids is 2. The molecule has 1 aliphatic heterocycles. The molecule has 1 amide bonds. The van der Waals surface area contributed by atoms with E-state index in [0.29, 0.717) is 81.9 Å². The summed E-state index contributed by atoms with van der Waals surface area (Å²) in [6.45, 7) is 11.2. The van der Waals surface area contributed by atoms with Crippen molar-refractivity contribution in [2.24, 2.45) is 46.3 Å². The molecular weight excluding hydrogens is 873 g/mol. The van der Waals surface area contributed by atoms with Gasteiger partial charge in [-0.15, -0.1) is 0 Å². The van der Waals surface area contributed by atoms with Gasteiger partial charge < -0.3 is 29.8 Å². The number of nitrogens with zero attached hydrogens (tertiary/aromatic N) is 1. The summed E-state index contributed by atoms with van der Waals surface area (Å²) in [5.41, 5.74) is 4.16. The Morgan fingerprint density at radius 2 is 1.61 bits per heavy atom. The minimum Gasteiger partial charge on any atom is -0.508 e. The Morgan fingerprint density at radius 3 is 2.36 bits per heavy atom. The summed E-state index contributed by atoms with van der Waals surface area (Å²) >= 11 is 0. The van der Waals surface area contributed by atoms with Crippen LogP contribution in [0.25, 0.3) is 33.4 Å². The smallest absolute Gasteiger partial charge is 0.323 e. The van der Waals surface area contributed by atoms with Gasteiger partial charge in [-0.25, -0.2) is 0 Å². The Hall–Kier alpha value is -5.49. The predicted octanol–water partition coefficient (Wildman–Crippen LogP) is 11.0. The third-order valence-corrected chi connectivity index (χ3v) is 17.2. The summed E-state index contributed by atoms with van der Waals surface area (Å²) in [5, 5.41) is 33.5. The van der Waals surface area contributed by atoms with E-state index in [1.165, 1.54) is 79.7 Å². The van der Waals surface area contributed by atoms with E-state index in [1.54, 1.807) is 24.3 Å². The van der Waals surface area contributed by atoms with Crippen LogP contribution in [0.15, 0.2) is 81.5 Å². The van der Waals surface area contributed by atoms with Gasteiger partial charge in [0.2, 0.25) is 0 Å². The SMILES string of the molecule is CC(C)CCC[C@@H](C)[C@H]1CCC2C3CC=C4C[C@@H](OC(=O)C(CCCCNC(=O)c5ccccc5-c5c6ccc(=O)cc-6oc6cc(O)ccc56)N(CC(=O)O)CC(=O)O)CC[C@]4(C)C3CC[C@@]21C. The Labute approximate surface area is 406 Å². The van der Waals surface area contributed by atoms with Gasteiger partial charge in [-0.3, -0.25) is 28.9 Å². The fourth-order valence-electron chi connectivity index (χ4n) is 13.9. The van der Waals surface area contributed by atoms with E-state index in [0.717, 1.165) is 36.5 Å². The number of phenols is 1. The third-order valence-electron chi connectivity index (χ3n) is 17.2. The van der Waals surface area contributed by atoms with E-state index >= 15 is 0 Å². The third kappa shape index (κ3) is 10.5.